The van der Waals surface area contributed by atoms with Gasteiger partial charge in [0, 0.05) is 12.6 Å². The second kappa shape index (κ2) is 8.51. The van der Waals surface area contributed by atoms with E-state index in [0.29, 0.717) is 6.04 Å². The van der Waals surface area contributed by atoms with Crippen LogP contribution in [-0.4, -0.2) is 48.2 Å². The van der Waals surface area contributed by atoms with Gasteiger partial charge in [-0.2, -0.15) is 11.3 Å². The first-order chi connectivity index (χ1) is 10.2. The molecule has 2 rings (SSSR count). The summed E-state index contributed by atoms with van der Waals surface area (Å²) in [5.74, 6) is 0.0522. The molecule has 0 aliphatic carbocycles. The molecule has 1 saturated heterocycles. The van der Waals surface area contributed by atoms with Crippen molar-refractivity contribution in [2.24, 2.45) is 0 Å². The van der Waals surface area contributed by atoms with Crippen molar-refractivity contribution in [2.45, 2.75) is 44.6 Å². The van der Waals surface area contributed by atoms with Gasteiger partial charge < -0.3 is 10.4 Å². The lowest BCUT2D eigenvalue weighted by Gasteiger charge is -2.22. The van der Waals surface area contributed by atoms with Crippen molar-refractivity contribution >= 4 is 17.2 Å². The molecule has 1 aromatic heterocycles. The van der Waals surface area contributed by atoms with Gasteiger partial charge in [-0.05, 0) is 68.1 Å². The predicted octanol–water partition coefficient (Wildman–Crippen LogP) is 2.20. The van der Waals surface area contributed by atoms with E-state index in [1.54, 1.807) is 11.3 Å². The number of carbonyl (C=O) groups is 1. The van der Waals surface area contributed by atoms with Crippen LogP contribution in [0.2, 0.25) is 0 Å². The molecule has 2 unspecified atom stereocenters. The summed E-state index contributed by atoms with van der Waals surface area (Å²) in [6.45, 7) is 5.10. The number of rotatable bonds is 8. The van der Waals surface area contributed by atoms with Gasteiger partial charge >= 0.3 is 0 Å². The van der Waals surface area contributed by atoms with E-state index < -0.39 is 0 Å². The molecule has 0 radical (unpaired) electrons. The topological polar surface area (TPSA) is 52.6 Å². The largest absolute Gasteiger partial charge is 0.395 e. The molecule has 2 heterocycles. The maximum absolute atomic E-state index is 12.0. The average molecular weight is 310 g/mol. The molecule has 118 valence electrons. The highest BCUT2D eigenvalue weighted by molar-refractivity contribution is 7.08. The number of thiophene rings is 1. The van der Waals surface area contributed by atoms with Crippen molar-refractivity contribution in [3.05, 3.63) is 22.4 Å². The van der Waals surface area contributed by atoms with Crippen molar-refractivity contribution < 1.29 is 9.90 Å². The Kier molecular flexibility index (Phi) is 6.67. The Labute approximate surface area is 131 Å². The molecule has 1 fully saturated rings. The molecule has 21 heavy (non-hydrogen) atoms. The molecule has 0 aromatic carbocycles. The van der Waals surface area contributed by atoms with Crippen LogP contribution in [0.1, 0.15) is 44.1 Å². The van der Waals surface area contributed by atoms with Crippen LogP contribution >= 0.6 is 11.3 Å². The second-order valence-corrected chi connectivity index (χ2v) is 6.57. The average Bonchev–Trinajstić information content (AvgIpc) is 3.17. The summed E-state index contributed by atoms with van der Waals surface area (Å²) in [5, 5.41) is 16.3. The normalized spacial score (nSPS) is 20.6. The standard InChI is InChI=1S/C16H26N2O2S/c1-13(14-6-10-21-12-14)16(20)17-7-2-3-8-18-9-4-5-15(18)11-19/h6,10,12-13,15,19H,2-5,7-9,11H2,1H3,(H,17,20). The van der Waals surface area contributed by atoms with Crippen molar-refractivity contribution in [1.29, 1.82) is 0 Å². The van der Waals surface area contributed by atoms with Gasteiger partial charge in [-0.25, -0.2) is 0 Å². The third-order valence-electron chi connectivity index (χ3n) is 4.32. The van der Waals surface area contributed by atoms with Gasteiger partial charge in [0.1, 0.15) is 0 Å². The van der Waals surface area contributed by atoms with E-state index in [-0.39, 0.29) is 18.4 Å². The van der Waals surface area contributed by atoms with Gasteiger partial charge in [0.25, 0.3) is 0 Å². The molecule has 1 aliphatic rings. The third kappa shape index (κ3) is 4.80. The van der Waals surface area contributed by atoms with Crippen LogP contribution in [0, 0.1) is 0 Å². The van der Waals surface area contributed by atoms with Gasteiger partial charge in [-0.1, -0.05) is 0 Å². The molecule has 4 nitrogen and oxygen atoms in total. The molecule has 2 N–H and O–H groups in total. The fourth-order valence-corrected chi connectivity index (χ4v) is 3.63. The third-order valence-corrected chi connectivity index (χ3v) is 5.02. The van der Waals surface area contributed by atoms with Crippen LogP contribution in [0.15, 0.2) is 16.8 Å². The van der Waals surface area contributed by atoms with Crippen LogP contribution < -0.4 is 5.32 Å². The SMILES string of the molecule is CC(C(=O)NCCCCN1CCCC1CO)c1ccsc1. The van der Waals surface area contributed by atoms with Gasteiger partial charge in [-0.15, -0.1) is 0 Å². The van der Waals surface area contributed by atoms with E-state index in [2.05, 4.69) is 10.2 Å². The van der Waals surface area contributed by atoms with Crippen LogP contribution in [-0.2, 0) is 4.79 Å². The molecule has 1 amide bonds. The summed E-state index contributed by atoms with van der Waals surface area (Å²) in [6, 6.07) is 2.37. The minimum Gasteiger partial charge on any atom is -0.395 e. The Morgan fingerprint density at radius 2 is 2.43 bits per heavy atom. The number of hydrogen-bond donors (Lipinski definition) is 2. The number of unbranched alkanes of at least 4 members (excludes halogenated alkanes) is 1. The van der Waals surface area contributed by atoms with Crippen LogP contribution in [0.5, 0.6) is 0 Å². The molecular weight excluding hydrogens is 284 g/mol. The monoisotopic (exact) mass is 310 g/mol. The maximum Gasteiger partial charge on any atom is 0.227 e. The van der Waals surface area contributed by atoms with Crippen molar-refractivity contribution in [2.75, 3.05) is 26.2 Å². The van der Waals surface area contributed by atoms with Gasteiger partial charge in [0.2, 0.25) is 5.91 Å². The fourth-order valence-electron chi connectivity index (χ4n) is 2.87. The zero-order valence-electron chi connectivity index (χ0n) is 12.8. The number of hydrogen-bond acceptors (Lipinski definition) is 4. The second-order valence-electron chi connectivity index (χ2n) is 5.79. The summed E-state index contributed by atoms with van der Waals surface area (Å²) in [7, 11) is 0. The van der Waals surface area contributed by atoms with Gasteiger partial charge in [-0.3, -0.25) is 9.69 Å². The lowest BCUT2D eigenvalue weighted by atomic mass is 10.0. The molecule has 0 saturated carbocycles. The zero-order chi connectivity index (χ0) is 15.1. The smallest absolute Gasteiger partial charge is 0.227 e. The highest BCUT2D eigenvalue weighted by Crippen LogP contribution is 2.18. The molecule has 0 spiro atoms. The van der Waals surface area contributed by atoms with Crippen LogP contribution in [0.25, 0.3) is 0 Å². The number of aliphatic hydroxyl groups is 1. The van der Waals surface area contributed by atoms with Crippen molar-refractivity contribution in [1.82, 2.24) is 10.2 Å². The molecule has 5 heteroatoms. The summed E-state index contributed by atoms with van der Waals surface area (Å²) in [6.07, 6.45) is 4.38. The highest BCUT2D eigenvalue weighted by atomic mass is 32.1. The first-order valence-electron chi connectivity index (χ1n) is 7.87. The number of carbonyl (C=O) groups excluding carboxylic acids is 1. The van der Waals surface area contributed by atoms with Gasteiger partial charge in [0.15, 0.2) is 0 Å². The van der Waals surface area contributed by atoms with Gasteiger partial charge in [0.05, 0.1) is 12.5 Å². The predicted molar refractivity (Wildman–Crippen MR) is 86.7 cm³/mol. The molecule has 1 aliphatic heterocycles. The Balaban J connectivity index is 1.58. The van der Waals surface area contributed by atoms with E-state index in [9.17, 15) is 9.90 Å². The summed E-state index contributed by atoms with van der Waals surface area (Å²) >= 11 is 1.63. The van der Waals surface area contributed by atoms with Crippen LogP contribution in [0.4, 0.5) is 0 Å². The number of likely N-dealkylation sites (tertiary alicyclic amines) is 1. The number of nitrogens with zero attached hydrogens (tertiary/aromatic N) is 1. The Bertz CT molecular complexity index is 422. The number of amides is 1. The van der Waals surface area contributed by atoms with E-state index in [1.165, 1.54) is 6.42 Å². The summed E-state index contributed by atoms with van der Waals surface area (Å²) in [4.78, 5) is 14.4. The van der Waals surface area contributed by atoms with E-state index in [4.69, 9.17) is 0 Å². The van der Waals surface area contributed by atoms with E-state index in [1.807, 2.05) is 23.8 Å². The first kappa shape index (κ1) is 16.5. The number of aliphatic hydroxyl groups excluding tert-OH is 1. The quantitative estimate of drug-likeness (QED) is 0.724. The summed E-state index contributed by atoms with van der Waals surface area (Å²) < 4.78 is 0. The van der Waals surface area contributed by atoms with E-state index >= 15 is 0 Å². The zero-order valence-corrected chi connectivity index (χ0v) is 13.6. The Morgan fingerprint density at radius 1 is 1.57 bits per heavy atom. The Hall–Kier alpha value is -0.910. The fraction of sp³-hybridized carbons (Fsp3) is 0.688. The molecule has 2 atom stereocenters. The first-order valence-corrected chi connectivity index (χ1v) is 8.81. The minimum atomic E-state index is -0.0615. The van der Waals surface area contributed by atoms with E-state index in [0.717, 1.165) is 44.5 Å². The minimum absolute atomic E-state index is 0.0615. The number of nitrogens with one attached hydrogen (secondary N) is 1. The lowest BCUT2D eigenvalue weighted by Crippen LogP contribution is -2.33. The van der Waals surface area contributed by atoms with Crippen molar-refractivity contribution in [3.8, 4) is 0 Å². The highest BCUT2D eigenvalue weighted by Gasteiger charge is 2.22. The summed E-state index contributed by atoms with van der Waals surface area (Å²) in [5.41, 5.74) is 1.10. The maximum atomic E-state index is 12.0. The Morgan fingerprint density at radius 3 is 3.14 bits per heavy atom. The van der Waals surface area contributed by atoms with Crippen LogP contribution in [0.3, 0.4) is 0 Å². The lowest BCUT2D eigenvalue weighted by molar-refractivity contribution is -0.122. The molecule has 1 aromatic rings. The molecule has 0 bridgehead atoms. The molecular formula is C16H26N2O2S. The van der Waals surface area contributed by atoms with Crippen molar-refractivity contribution in [3.63, 3.8) is 0 Å².